The molecule has 1 rings (SSSR count). The van der Waals surface area contributed by atoms with Gasteiger partial charge in [0.15, 0.2) is 0 Å². The van der Waals surface area contributed by atoms with Crippen LogP contribution in [-0.2, 0) is 11.2 Å². The molecule has 6 nitrogen and oxygen atoms in total. The maximum Gasteiger partial charge on any atom is 0.345 e. The first-order valence-electron chi connectivity index (χ1n) is 4.64. The highest BCUT2D eigenvalue weighted by Crippen LogP contribution is 1.94. The fourth-order valence-corrected chi connectivity index (χ4v) is 1.05. The quantitative estimate of drug-likeness (QED) is 0.723. The second kappa shape index (κ2) is 6.97. The number of H-pyrrole nitrogens is 1. The first-order chi connectivity index (χ1) is 7.19. The predicted octanol–water partition coefficient (Wildman–Crippen LogP) is -0.130. The van der Waals surface area contributed by atoms with Gasteiger partial charge in [-0.15, -0.1) is 12.4 Å². The molecule has 0 spiro atoms. The Morgan fingerprint density at radius 3 is 2.81 bits per heavy atom. The zero-order valence-electron chi connectivity index (χ0n) is 8.86. The second-order valence-corrected chi connectivity index (χ2v) is 2.83. The lowest BCUT2D eigenvalue weighted by Gasteiger charge is -2.01. The summed E-state index contributed by atoms with van der Waals surface area (Å²) in [6.45, 7) is 2.28. The highest BCUT2D eigenvalue weighted by Gasteiger charge is 2.12. The Morgan fingerprint density at radius 1 is 1.62 bits per heavy atom. The number of aromatic nitrogens is 2. The summed E-state index contributed by atoms with van der Waals surface area (Å²) in [5.74, 6) is -0.193. The monoisotopic (exact) mass is 247 g/mol. The van der Waals surface area contributed by atoms with Crippen LogP contribution in [-0.4, -0.2) is 29.1 Å². The Kier molecular flexibility index (Phi) is 6.36. The van der Waals surface area contributed by atoms with Crippen molar-refractivity contribution < 1.29 is 9.53 Å². The van der Waals surface area contributed by atoms with E-state index in [9.17, 15) is 9.59 Å². The van der Waals surface area contributed by atoms with E-state index in [1.807, 2.05) is 0 Å². The zero-order chi connectivity index (χ0) is 11.3. The van der Waals surface area contributed by atoms with Gasteiger partial charge in [0, 0.05) is 12.6 Å². The average molecular weight is 248 g/mol. The molecule has 1 aromatic heterocycles. The molecule has 0 unspecified atom stereocenters. The number of hydrogen-bond donors (Lipinski definition) is 2. The Balaban J connectivity index is 0.00000225. The number of nitrogens with two attached hydrogens (primary N) is 1. The fraction of sp³-hybridized carbons (Fsp3) is 0.444. The third kappa shape index (κ3) is 3.63. The molecule has 0 bridgehead atoms. The van der Waals surface area contributed by atoms with Crippen molar-refractivity contribution in [2.45, 2.75) is 13.3 Å². The first kappa shape index (κ1) is 14.6. The van der Waals surface area contributed by atoms with Crippen LogP contribution in [0.25, 0.3) is 0 Å². The van der Waals surface area contributed by atoms with E-state index in [1.54, 1.807) is 6.92 Å². The molecular weight excluding hydrogens is 234 g/mol. The van der Waals surface area contributed by atoms with Gasteiger partial charge < -0.3 is 15.5 Å². The summed E-state index contributed by atoms with van der Waals surface area (Å²) in [7, 11) is 0. The van der Waals surface area contributed by atoms with E-state index in [1.165, 1.54) is 6.20 Å². The largest absolute Gasteiger partial charge is 0.462 e. The Labute approximate surface area is 98.6 Å². The highest BCUT2D eigenvalue weighted by molar-refractivity contribution is 5.88. The van der Waals surface area contributed by atoms with Crippen LogP contribution in [0, 0.1) is 0 Å². The molecule has 7 heteroatoms. The van der Waals surface area contributed by atoms with Gasteiger partial charge >= 0.3 is 5.97 Å². The zero-order valence-corrected chi connectivity index (χ0v) is 9.67. The molecule has 0 amide bonds. The van der Waals surface area contributed by atoms with Gasteiger partial charge in [-0.05, 0) is 13.5 Å². The van der Waals surface area contributed by atoms with E-state index in [4.69, 9.17) is 5.73 Å². The summed E-state index contributed by atoms with van der Waals surface area (Å²) < 4.78 is 4.68. The summed E-state index contributed by atoms with van der Waals surface area (Å²) in [6, 6.07) is 0. The van der Waals surface area contributed by atoms with Crippen LogP contribution >= 0.6 is 12.4 Å². The molecule has 0 radical (unpaired) electrons. The van der Waals surface area contributed by atoms with Gasteiger partial charge in [-0.1, -0.05) is 0 Å². The molecule has 0 aliphatic carbocycles. The summed E-state index contributed by atoms with van der Waals surface area (Å²) in [6.07, 6.45) is 1.68. The van der Waals surface area contributed by atoms with Crippen molar-refractivity contribution in [3.05, 3.63) is 27.9 Å². The van der Waals surface area contributed by atoms with Gasteiger partial charge in [0.1, 0.15) is 11.4 Å². The first-order valence-corrected chi connectivity index (χ1v) is 4.64. The van der Waals surface area contributed by atoms with Crippen LogP contribution in [0.15, 0.2) is 11.0 Å². The van der Waals surface area contributed by atoms with Crippen LogP contribution in [0.3, 0.4) is 0 Å². The van der Waals surface area contributed by atoms with E-state index in [2.05, 4.69) is 14.7 Å². The van der Waals surface area contributed by atoms with Crippen molar-refractivity contribution >= 4 is 18.4 Å². The molecule has 1 heterocycles. The van der Waals surface area contributed by atoms with Crippen LogP contribution in [0.1, 0.15) is 23.1 Å². The minimum atomic E-state index is -0.662. The van der Waals surface area contributed by atoms with Gasteiger partial charge in [0.2, 0.25) is 0 Å². The smallest absolute Gasteiger partial charge is 0.345 e. The van der Waals surface area contributed by atoms with Crippen molar-refractivity contribution in [2.75, 3.05) is 13.2 Å². The van der Waals surface area contributed by atoms with Crippen LogP contribution in [0.2, 0.25) is 0 Å². The number of nitrogens with zero attached hydrogens (tertiary/aromatic N) is 1. The molecule has 16 heavy (non-hydrogen) atoms. The number of rotatable bonds is 4. The Hall–Kier alpha value is -1.40. The lowest BCUT2D eigenvalue weighted by Crippen LogP contribution is -2.22. The molecule has 0 saturated carbocycles. The summed E-state index contributed by atoms with van der Waals surface area (Å²) in [5, 5.41) is 0. The molecule has 0 aromatic carbocycles. The topological polar surface area (TPSA) is 98.1 Å². The second-order valence-electron chi connectivity index (χ2n) is 2.83. The number of carbonyl (C=O) groups excluding carboxylic acids is 1. The standard InChI is InChI=1S/C9H13N3O3.ClH/c1-2-15-9(14)6-5-11-7(3-4-10)12-8(6)13;/h5H,2-4,10H2,1H3,(H,11,12,13);1H. The third-order valence-corrected chi connectivity index (χ3v) is 1.73. The number of nitrogens with one attached hydrogen (secondary N) is 1. The maximum atomic E-state index is 11.4. The predicted molar refractivity (Wildman–Crippen MR) is 60.8 cm³/mol. The van der Waals surface area contributed by atoms with E-state index in [-0.39, 0.29) is 24.6 Å². The molecule has 1 aromatic rings. The minimum absolute atomic E-state index is 0. The van der Waals surface area contributed by atoms with Crippen molar-refractivity contribution in [3.63, 3.8) is 0 Å². The van der Waals surface area contributed by atoms with E-state index in [0.29, 0.717) is 18.8 Å². The molecular formula is C9H14ClN3O3. The highest BCUT2D eigenvalue weighted by atomic mass is 35.5. The lowest BCUT2D eigenvalue weighted by atomic mass is 10.3. The number of ether oxygens (including phenoxy) is 1. The van der Waals surface area contributed by atoms with E-state index in [0.717, 1.165) is 0 Å². The summed E-state index contributed by atoms with van der Waals surface area (Å²) >= 11 is 0. The summed E-state index contributed by atoms with van der Waals surface area (Å²) in [4.78, 5) is 29.0. The molecule has 0 aliphatic heterocycles. The molecule has 0 aliphatic rings. The number of esters is 1. The lowest BCUT2D eigenvalue weighted by molar-refractivity contribution is 0.0523. The fourth-order valence-electron chi connectivity index (χ4n) is 1.05. The molecule has 90 valence electrons. The van der Waals surface area contributed by atoms with Crippen molar-refractivity contribution in [2.24, 2.45) is 5.73 Å². The van der Waals surface area contributed by atoms with Gasteiger partial charge in [-0.25, -0.2) is 9.78 Å². The van der Waals surface area contributed by atoms with E-state index < -0.39 is 11.5 Å². The molecule has 3 N–H and O–H groups in total. The Morgan fingerprint density at radius 2 is 2.31 bits per heavy atom. The van der Waals surface area contributed by atoms with Crippen LogP contribution in [0.4, 0.5) is 0 Å². The van der Waals surface area contributed by atoms with Gasteiger partial charge in [-0.3, -0.25) is 4.79 Å². The van der Waals surface area contributed by atoms with Crippen LogP contribution in [0.5, 0.6) is 0 Å². The van der Waals surface area contributed by atoms with E-state index >= 15 is 0 Å². The minimum Gasteiger partial charge on any atom is -0.462 e. The maximum absolute atomic E-state index is 11.4. The van der Waals surface area contributed by atoms with Gasteiger partial charge in [-0.2, -0.15) is 0 Å². The Bertz CT molecular complexity index is 405. The average Bonchev–Trinajstić information content (AvgIpc) is 2.18. The third-order valence-electron chi connectivity index (χ3n) is 1.73. The van der Waals surface area contributed by atoms with Crippen molar-refractivity contribution in [1.82, 2.24) is 9.97 Å². The summed E-state index contributed by atoms with van der Waals surface area (Å²) in [5.41, 5.74) is 4.72. The van der Waals surface area contributed by atoms with Crippen molar-refractivity contribution in [3.8, 4) is 0 Å². The number of aromatic amines is 1. The van der Waals surface area contributed by atoms with Gasteiger partial charge in [0.05, 0.1) is 6.61 Å². The molecule has 0 fully saturated rings. The van der Waals surface area contributed by atoms with Gasteiger partial charge in [0.25, 0.3) is 5.56 Å². The molecule has 0 saturated heterocycles. The SMILES string of the molecule is CCOC(=O)c1cnc(CCN)[nH]c1=O.Cl. The van der Waals surface area contributed by atoms with Crippen LogP contribution < -0.4 is 11.3 Å². The normalized spacial score (nSPS) is 9.38. The van der Waals surface area contributed by atoms with Crippen molar-refractivity contribution in [1.29, 1.82) is 0 Å². The number of carbonyl (C=O) groups is 1. The molecule has 0 atom stereocenters. The number of hydrogen-bond acceptors (Lipinski definition) is 5. The number of halogens is 1.